The lowest BCUT2D eigenvalue weighted by atomic mass is 10.1. The van der Waals surface area contributed by atoms with Crippen molar-refractivity contribution in [2.24, 2.45) is 44.4 Å². The highest BCUT2D eigenvalue weighted by Gasteiger charge is 2.29. The fraction of sp³-hybridized carbons (Fsp3) is 0.650. The average molecular weight is 530 g/mol. The first kappa shape index (κ1) is 32.9. The molecular weight excluding hydrogens is 490 g/mol. The molecule has 0 spiro atoms. The molecule has 0 aliphatic carbocycles. The number of carbonyl (C=O) groups is 5. The van der Waals surface area contributed by atoms with Gasteiger partial charge in [-0.1, -0.05) is 0 Å². The normalized spacial score (nSPS) is 13.7. The molecular formula is C20H39N11O6. The third-order valence-electron chi connectivity index (χ3n) is 4.86. The molecule has 0 aromatic rings. The van der Waals surface area contributed by atoms with Crippen molar-refractivity contribution in [3.63, 3.8) is 0 Å². The number of carboxylic acid groups (broad SMARTS) is 1. The van der Waals surface area contributed by atoms with Crippen LogP contribution in [-0.2, 0) is 24.0 Å². The van der Waals surface area contributed by atoms with E-state index in [1.807, 2.05) is 0 Å². The number of nitrogens with two attached hydrogens (primary N) is 6. The summed E-state index contributed by atoms with van der Waals surface area (Å²) < 4.78 is 0. The number of nitrogens with zero attached hydrogens (tertiary/aromatic N) is 2. The average Bonchev–Trinajstić information content (AvgIpc) is 2.79. The maximum Gasteiger partial charge on any atom is 0.326 e. The fourth-order valence-corrected chi connectivity index (χ4v) is 2.94. The molecule has 4 atom stereocenters. The van der Waals surface area contributed by atoms with Crippen LogP contribution in [0.2, 0.25) is 0 Å². The number of hydrogen-bond acceptors (Lipinski definition) is 8. The van der Waals surface area contributed by atoms with Crippen LogP contribution in [0.3, 0.4) is 0 Å². The van der Waals surface area contributed by atoms with Crippen LogP contribution >= 0.6 is 0 Å². The first-order valence-corrected chi connectivity index (χ1v) is 11.5. The van der Waals surface area contributed by atoms with Gasteiger partial charge in [0.2, 0.25) is 23.6 Å². The summed E-state index contributed by atoms with van der Waals surface area (Å²) in [6.07, 6.45) is 0.169. The molecule has 0 bridgehead atoms. The smallest absolute Gasteiger partial charge is 0.326 e. The number of carboxylic acids is 1. The zero-order valence-electron chi connectivity index (χ0n) is 20.8. The quantitative estimate of drug-likeness (QED) is 0.0456. The van der Waals surface area contributed by atoms with Crippen LogP contribution in [0.4, 0.5) is 0 Å². The van der Waals surface area contributed by atoms with Crippen molar-refractivity contribution < 1.29 is 29.1 Å². The van der Waals surface area contributed by atoms with Gasteiger partial charge < -0.3 is 55.5 Å². The predicted molar refractivity (Wildman–Crippen MR) is 135 cm³/mol. The van der Waals surface area contributed by atoms with Gasteiger partial charge in [0, 0.05) is 19.5 Å². The molecule has 37 heavy (non-hydrogen) atoms. The number of rotatable bonds is 18. The van der Waals surface area contributed by atoms with Crippen molar-refractivity contribution >= 4 is 41.5 Å². The van der Waals surface area contributed by atoms with Crippen LogP contribution < -0.4 is 50.4 Å². The molecule has 0 aliphatic rings. The summed E-state index contributed by atoms with van der Waals surface area (Å²) in [5.41, 5.74) is 31.8. The highest BCUT2D eigenvalue weighted by Crippen LogP contribution is 2.06. The lowest BCUT2D eigenvalue weighted by Gasteiger charge is -2.25. The summed E-state index contributed by atoms with van der Waals surface area (Å²) in [7, 11) is 0. The minimum atomic E-state index is -1.43. The molecule has 0 heterocycles. The van der Waals surface area contributed by atoms with Crippen LogP contribution in [0, 0.1) is 0 Å². The van der Waals surface area contributed by atoms with E-state index < -0.39 is 53.8 Å². The molecule has 0 aromatic heterocycles. The van der Waals surface area contributed by atoms with Gasteiger partial charge >= 0.3 is 5.97 Å². The SMILES string of the molecule is CC(N)C(=O)NC(CCCN=C(N)N)C(=O)NC(CCCN=C(N)N)C(=O)NC(CCC(N)=O)C(=O)O. The molecule has 4 unspecified atom stereocenters. The van der Waals surface area contributed by atoms with Crippen LogP contribution in [-0.4, -0.2) is 83.9 Å². The van der Waals surface area contributed by atoms with Crippen molar-refractivity contribution in [3.8, 4) is 0 Å². The molecule has 0 radical (unpaired) electrons. The van der Waals surface area contributed by atoms with Gasteiger partial charge in [-0.25, -0.2) is 4.79 Å². The number of primary amides is 1. The largest absolute Gasteiger partial charge is 0.480 e. The maximum atomic E-state index is 13.0. The Kier molecular flexibility index (Phi) is 15.4. The molecule has 17 nitrogen and oxygen atoms in total. The number of aliphatic carboxylic acids is 1. The summed E-state index contributed by atoms with van der Waals surface area (Å²) in [6, 6.07) is -4.64. The van der Waals surface area contributed by atoms with Crippen molar-refractivity contribution in [2.75, 3.05) is 13.1 Å². The van der Waals surface area contributed by atoms with Crippen LogP contribution in [0.15, 0.2) is 9.98 Å². The molecule has 0 saturated heterocycles. The topological polar surface area (TPSA) is 323 Å². The summed E-state index contributed by atoms with van der Waals surface area (Å²) in [5, 5.41) is 16.7. The van der Waals surface area contributed by atoms with E-state index in [0.29, 0.717) is 6.42 Å². The second-order valence-electron chi connectivity index (χ2n) is 8.21. The lowest BCUT2D eigenvalue weighted by molar-refractivity contribution is -0.142. The second kappa shape index (κ2) is 17.3. The van der Waals surface area contributed by atoms with E-state index in [-0.39, 0.29) is 57.1 Å². The number of nitrogens with one attached hydrogen (secondary N) is 3. The number of guanidine groups is 2. The molecule has 210 valence electrons. The Labute approximate surface area is 214 Å². The van der Waals surface area contributed by atoms with E-state index in [4.69, 9.17) is 34.4 Å². The minimum Gasteiger partial charge on any atom is -0.480 e. The van der Waals surface area contributed by atoms with Crippen LogP contribution in [0.1, 0.15) is 45.4 Å². The van der Waals surface area contributed by atoms with Crippen LogP contribution in [0.5, 0.6) is 0 Å². The number of carbonyl (C=O) groups excluding carboxylic acids is 4. The lowest BCUT2D eigenvalue weighted by Crippen LogP contribution is -2.57. The van der Waals surface area contributed by atoms with E-state index in [1.54, 1.807) is 0 Å². The Bertz CT molecular complexity index is 854. The van der Waals surface area contributed by atoms with E-state index in [1.165, 1.54) is 6.92 Å². The highest BCUT2D eigenvalue weighted by molar-refractivity contribution is 5.94. The predicted octanol–water partition coefficient (Wildman–Crippen LogP) is -4.75. The first-order chi connectivity index (χ1) is 17.2. The second-order valence-corrected chi connectivity index (χ2v) is 8.21. The Morgan fingerprint density at radius 2 is 1.11 bits per heavy atom. The van der Waals surface area contributed by atoms with Gasteiger partial charge in [-0.2, -0.15) is 0 Å². The molecule has 0 aliphatic heterocycles. The molecule has 4 amide bonds. The molecule has 0 fully saturated rings. The minimum absolute atomic E-state index is 0.0263. The number of hydrogen-bond donors (Lipinski definition) is 10. The fourth-order valence-electron chi connectivity index (χ4n) is 2.94. The highest BCUT2D eigenvalue weighted by atomic mass is 16.4. The number of amides is 4. The third-order valence-corrected chi connectivity index (χ3v) is 4.86. The van der Waals surface area contributed by atoms with Gasteiger partial charge in [-0.3, -0.25) is 29.2 Å². The molecule has 17 heteroatoms. The zero-order valence-corrected chi connectivity index (χ0v) is 20.8. The van der Waals surface area contributed by atoms with Crippen molar-refractivity contribution in [3.05, 3.63) is 0 Å². The van der Waals surface area contributed by atoms with Gasteiger partial charge in [0.25, 0.3) is 0 Å². The summed E-state index contributed by atoms with van der Waals surface area (Å²) in [5.74, 6) is -4.58. The molecule has 0 saturated carbocycles. The van der Waals surface area contributed by atoms with E-state index in [2.05, 4.69) is 25.9 Å². The van der Waals surface area contributed by atoms with E-state index >= 15 is 0 Å². The van der Waals surface area contributed by atoms with E-state index in [9.17, 15) is 29.1 Å². The van der Waals surface area contributed by atoms with Crippen LogP contribution in [0.25, 0.3) is 0 Å². The van der Waals surface area contributed by atoms with Crippen molar-refractivity contribution in [1.29, 1.82) is 0 Å². The van der Waals surface area contributed by atoms with Gasteiger partial charge in [0.05, 0.1) is 6.04 Å². The summed E-state index contributed by atoms with van der Waals surface area (Å²) in [4.78, 5) is 68.3. The summed E-state index contributed by atoms with van der Waals surface area (Å²) in [6.45, 7) is 1.75. The molecule has 16 N–H and O–H groups in total. The summed E-state index contributed by atoms with van der Waals surface area (Å²) >= 11 is 0. The van der Waals surface area contributed by atoms with Gasteiger partial charge in [0.1, 0.15) is 18.1 Å². The Hall–Kier alpha value is -4.15. The Morgan fingerprint density at radius 1 is 0.703 bits per heavy atom. The Balaban J connectivity index is 5.64. The Morgan fingerprint density at radius 3 is 1.46 bits per heavy atom. The monoisotopic (exact) mass is 529 g/mol. The zero-order chi connectivity index (χ0) is 28.5. The van der Waals surface area contributed by atoms with Gasteiger partial charge in [0.15, 0.2) is 11.9 Å². The van der Waals surface area contributed by atoms with Gasteiger partial charge in [-0.15, -0.1) is 0 Å². The first-order valence-electron chi connectivity index (χ1n) is 11.5. The molecule has 0 rings (SSSR count). The number of aliphatic imine (C=N–C) groups is 2. The standard InChI is InChI=1S/C20H39N11O6/c1-10(21)15(33)29-11(4-2-8-27-19(23)24)16(34)30-12(5-3-9-28-20(25)26)17(35)31-13(18(36)37)6-7-14(22)32/h10-13H,2-9,21H2,1H3,(H2,22,32)(H,29,33)(H,30,34)(H,31,35)(H,36,37)(H4,23,24,27)(H4,25,26,28). The van der Waals surface area contributed by atoms with Gasteiger partial charge in [-0.05, 0) is 39.0 Å². The van der Waals surface area contributed by atoms with E-state index in [0.717, 1.165) is 0 Å². The van der Waals surface area contributed by atoms with Crippen molar-refractivity contribution in [1.82, 2.24) is 16.0 Å². The van der Waals surface area contributed by atoms with Crippen molar-refractivity contribution in [2.45, 2.75) is 69.6 Å². The molecule has 0 aromatic carbocycles. The maximum absolute atomic E-state index is 13.0. The third kappa shape index (κ3) is 15.5.